The van der Waals surface area contributed by atoms with Crippen molar-refractivity contribution in [2.45, 2.75) is 12.8 Å². The smallest absolute Gasteiger partial charge is 0.303 e. The van der Waals surface area contributed by atoms with E-state index in [0.29, 0.717) is 0 Å². The van der Waals surface area contributed by atoms with E-state index in [2.05, 4.69) is 4.52 Å². The van der Waals surface area contributed by atoms with E-state index in [4.69, 9.17) is 16.7 Å². The number of nitrogens with one attached hydrogen (secondary N) is 1. The van der Waals surface area contributed by atoms with Crippen LogP contribution in [0, 0.1) is 0 Å². The second-order valence-electron chi connectivity index (χ2n) is 2.16. The van der Waals surface area contributed by atoms with E-state index >= 15 is 0 Å². The summed E-state index contributed by atoms with van der Waals surface area (Å²) in [5.74, 6) is -0.779. The third-order valence-electron chi connectivity index (χ3n) is 1.28. The lowest BCUT2D eigenvalue weighted by atomic mass is 10.2. The highest BCUT2D eigenvalue weighted by molar-refractivity contribution is 6.30. The third-order valence-corrected chi connectivity index (χ3v) is 1.66. The summed E-state index contributed by atoms with van der Waals surface area (Å²) in [4.78, 5) is 20.8. The van der Waals surface area contributed by atoms with Crippen LogP contribution < -0.4 is 5.56 Å². The first-order valence-electron chi connectivity index (χ1n) is 3.19. The first kappa shape index (κ1) is 8.86. The standard InChI is InChI=1S/C6H6ClNO4/c7-5-3(1-2-4(9)10)12-8-6(5)11/h1-2H2,(H,8,11)(H,9,10). The number of aromatic amines is 1. The monoisotopic (exact) mass is 191 g/mol. The van der Waals surface area contributed by atoms with Crippen molar-refractivity contribution in [3.8, 4) is 0 Å². The molecule has 2 N–H and O–H groups in total. The highest BCUT2D eigenvalue weighted by Gasteiger charge is 2.10. The average molecular weight is 192 g/mol. The summed E-state index contributed by atoms with van der Waals surface area (Å²) in [6.07, 6.45) is 0.00736. The molecule has 12 heavy (non-hydrogen) atoms. The topological polar surface area (TPSA) is 83.3 Å². The molecule has 0 spiro atoms. The Hall–Kier alpha value is -1.23. The lowest BCUT2D eigenvalue weighted by Crippen LogP contribution is -1.99. The van der Waals surface area contributed by atoms with E-state index in [9.17, 15) is 9.59 Å². The maximum absolute atomic E-state index is 10.7. The molecule has 0 bridgehead atoms. The Bertz CT molecular complexity index is 340. The normalized spacial score (nSPS) is 10.1. The Morgan fingerprint density at radius 1 is 1.67 bits per heavy atom. The fraction of sp³-hybridized carbons (Fsp3) is 0.333. The number of halogens is 1. The van der Waals surface area contributed by atoms with Crippen LogP contribution >= 0.6 is 11.6 Å². The summed E-state index contributed by atoms with van der Waals surface area (Å²) in [6, 6.07) is 0. The number of rotatable bonds is 3. The number of hydrogen-bond acceptors (Lipinski definition) is 3. The first-order valence-corrected chi connectivity index (χ1v) is 3.56. The Kier molecular flexibility index (Phi) is 2.54. The summed E-state index contributed by atoms with van der Waals surface area (Å²) < 4.78 is 4.61. The van der Waals surface area contributed by atoms with Gasteiger partial charge in [0.05, 0.1) is 6.42 Å². The van der Waals surface area contributed by atoms with Crippen molar-refractivity contribution in [2.24, 2.45) is 0 Å². The van der Waals surface area contributed by atoms with Gasteiger partial charge in [0.1, 0.15) is 5.02 Å². The van der Waals surface area contributed by atoms with Gasteiger partial charge in [0.15, 0.2) is 5.76 Å². The maximum Gasteiger partial charge on any atom is 0.303 e. The van der Waals surface area contributed by atoms with Crippen molar-refractivity contribution in [1.29, 1.82) is 0 Å². The van der Waals surface area contributed by atoms with Crippen LogP contribution in [0.3, 0.4) is 0 Å². The number of aliphatic carboxylic acids is 1. The largest absolute Gasteiger partial charge is 0.481 e. The van der Waals surface area contributed by atoms with Gasteiger partial charge in [0.2, 0.25) is 0 Å². The van der Waals surface area contributed by atoms with Crippen molar-refractivity contribution in [1.82, 2.24) is 5.16 Å². The lowest BCUT2D eigenvalue weighted by molar-refractivity contribution is -0.137. The van der Waals surface area contributed by atoms with Gasteiger partial charge in [-0.1, -0.05) is 11.6 Å². The van der Waals surface area contributed by atoms with Crippen LogP contribution in [0.2, 0.25) is 5.02 Å². The molecule has 0 unspecified atom stereocenters. The number of H-pyrrole nitrogens is 1. The molecular weight excluding hydrogens is 186 g/mol. The molecule has 1 aromatic heterocycles. The number of carboxylic acid groups (broad SMARTS) is 1. The predicted molar refractivity (Wildman–Crippen MR) is 40.3 cm³/mol. The zero-order valence-corrected chi connectivity index (χ0v) is 6.72. The van der Waals surface area contributed by atoms with Gasteiger partial charge >= 0.3 is 5.97 Å². The molecule has 1 heterocycles. The third kappa shape index (κ3) is 1.88. The van der Waals surface area contributed by atoms with Gasteiger partial charge in [-0.2, -0.15) is 5.16 Å². The minimum Gasteiger partial charge on any atom is -0.481 e. The van der Waals surface area contributed by atoms with Crippen molar-refractivity contribution >= 4 is 17.6 Å². The zero-order chi connectivity index (χ0) is 9.14. The van der Waals surface area contributed by atoms with Gasteiger partial charge in [0.25, 0.3) is 5.56 Å². The molecule has 0 saturated carbocycles. The number of carbonyl (C=O) groups is 1. The molecule has 0 saturated heterocycles. The molecule has 66 valence electrons. The van der Waals surface area contributed by atoms with E-state index in [1.165, 1.54) is 0 Å². The molecule has 1 rings (SSSR count). The summed E-state index contributed by atoms with van der Waals surface area (Å²) in [5.41, 5.74) is -0.531. The van der Waals surface area contributed by atoms with Crippen molar-refractivity contribution in [2.75, 3.05) is 0 Å². The average Bonchev–Trinajstić information content (AvgIpc) is 2.30. The second-order valence-corrected chi connectivity index (χ2v) is 2.54. The minimum atomic E-state index is -0.963. The Labute approximate surface area is 71.9 Å². The highest BCUT2D eigenvalue weighted by atomic mass is 35.5. The molecule has 0 radical (unpaired) electrons. The quantitative estimate of drug-likeness (QED) is 0.734. The lowest BCUT2D eigenvalue weighted by Gasteiger charge is -1.90. The van der Waals surface area contributed by atoms with Gasteiger partial charge in [-0.25, -0.2) is 0 Å². The zero-order valence-electron chi connectivity index (χ0n) is 5.96. The van der Waals surface area contributed by atoms with E-state index in [1.54, 1.807) is 0 Å². The molecule has 0 aliphatic heterocycles. The van der Waals surface area contributed by atoms with E-state index < -0.39 is 11.5 Å². The van der Waals surface area contributed by atoms with Crippen LogP contribution in [0.1, 0.15) is 12.2 Å². The van der Waals surface area contributed by atoms with Gasteiger partial charge < -0.3 is 9.63 Å². The van der Waals surface area contributed by atoms with Gasteiger partial charge in [-0.05, 0) is 0 Å². The van der Waals surface area contributed by atoms with E-state index in [0.717, 1.165) is 0 Å². The Balaban J connectivity index is 2.70. The minimum absolute atomic E-state index is 0.0729. The summed E-state index contributed by atoms with van der Waals surface area (Å²) in [5, 5.41) is 10.2. The van der Waals surface area contributed by atoms with Crippen LogP contribution in [-0.4, -0.2) is 16.2 Å². The first-order chi connectivity index (χ1) is 5.61. The molecular formula is C6H6ClNO4. The van der Waals surface area contributed by atoms with E-state index in [1.807, 2.05) is 5.16 Å². The van der Waals surface area contributed by atoms with Crippen molar-refractivity contribution < 1.29 is 14.4 Å². The van der Waals surface area contributed by atoms with Crippen molar-refractivity contribution in [3.05, 3.63) is 21.1 Å². The molecule has 0 aliphatic rings. The number of carboxylic acids is 1. The van der Waals surface area contributed by atoms with Gasteiger partial charge in [-0.3, -0.25) is 9.59 Å². The van der Waals surface area contributed by atoms with Crippen LogP contribution in [0.4, 0.5) is 0 Å². The van der Waals surface area contributed by atoms with E-state index in [-0.39, 0.29) is 23.6 Å². The summed E-state index contributed by atoms with van der Waals surface area (Å²) in [7, 11) is 0. The second kappa shape index (κ2) is 3.44. The number of hydrogen-bond donors (Lipinski definition) is 2. The van der Waals surface area contributed by atoms with Crippen LogP contribution in [0.15, 0.2) is 9.32 Å². The fourth-order valence-electron chi connectivity index (χ4n) is 0.705. The Morgan fingerprint density at radius 3 is 2.75 bits per heavy atom. The molecule has 0 atom stereocenters. The summed E-state index contributed by atoms with van der Waals surface area (Å²) >= 11 is 5.46. The maximum atomic E-state index is 10.7. The van der Waals surface area contributed by atoms with Crippen LogP contribution in [-0.2, 0) is 11.2 Å². The Morgan fingerprint density at radius 2 is 2.33 bits per heavy atom. The highest BCUT2D eigenvalue weighted by Crippen LogP contribution is 2.11. The van der Waals surface area contributed by atoms with Gasteiger partial charge in [0, 0.05) is 6.42 Å². The van der Waals surface area contributed by atoms with Crippen molar-refractivity contribution in [3.63, 3.8) is 0 Å². The molecule has 0 amide bonds. The van der Waals surface area contributed by atoms with Crippen LogP contribution in [0.5, 0.6) is 0 Å². The molecule has 0 aromatic carbocycles. The van der Waals surface area contributed by atoms with Gasteiger partial charge in [-0.15, -0.1) is 0 Å². The molecule has 1 aromatic rings. The number of aryl methyl sites for hydroxylation is 1. The van der Waals surface area contributed by atoms with Crippen LogP contribution in [0.25, 0.3) is 0 Å². The predicted octanol–water partition coefficient (Wildman–Crippen LogP) is 0.639. The molecule has 6 heteroatoms. The molecule has 5 nitrogen and oxygen atoms in total. The summed E-state index contributed by atoms with van der Waals surface area (Å²) in [6.45, 7) is 0. The molecule has 0 aliphatic carbocycles. The number of aromatic nitrogens is 1. The SMILES string of the molecule is O=C(O)CCc1o[nH]c(=O)c1Cl. The molecule has 0 fully saturated rings. The fourth-order valence-corrected chi connectivity index (χ4v) is 0.877.